The number of hydrogen-bond donors (Lipinski definition) is 1. The predicted molar refractivity (Wildman–Crippen MR) is 81.6 cm³/mol. The molecule has 5 nitrogen and oxygen atoms in total. The summed E-state index contributed by atoms with van der Waals surface area (Å²) in [6, 6.07) is 7.86. The van der Waals surface area contributed by atoms with Gasteiger partial charge in [0.05, 0.1) is 24.7 Å². The van der Waals surface area contributed by atoms with E-state index < -0.39 is 5.97 Å². The molecule has 1 fully saturated rings. The third kappa shape index (κ3) is 4.14. The number of carboxylic acids is 1. The second kappa shape index (κ2) is 7.36. The van der Waals surface area contributed by atoms with Gasteiger partial charge in [0, 0.05) is 6.54 Å². The number of amides is 1. The van der Waals surface area contributed by atoms with Crippen molar-refractivity contribution in [2.45, 2.75) is 18.9 Å². The monoisotopic (exact) mass is 309 g/mol. The fourth-order valence-electron chi connectivity index (χ4n) is 2.55. The molecule has 0 spiro atoms. The summed E-state index contributed by atoms with van der Waals surface area (Å²) >= 11 is 1.15. The average molecular weight is 309 g/mol. The molecule has 6 heteroatoms. The molecule has 0 aromatic heterocycles. The Morgan fingerprint density at radius 3 is 2.67 bits per heavy atom. The van der Waals surface area contributed by atoms with E-state index in [1.165, 1.54) is 0 Å². The van der Waals surface area contributed by atoms with E-state index in [4.69, 9.17) is 9.84 Å². The number of benzene rings is 1. The number of thioether (sulfide) groups is 1. The number of carboxylic acid groups (broad SMARTS) is 1. The number of carbonyl (C=O) groups is 2. The molecule has 1 amide bonds. The van der Waals surface area contributed by atoms with E-state index in [2.05, 4.69) is 0 Å². The normalized spacial score (nSPS) is 17.8. The standard InChI is InChI=1S/C15H19NO4S/c1-20-12-6-4-11(5-7-12)13-3-2-8-16(13)14(17)9-21-10-15(18)19/h4-7,13H,2-3,8-10H2,1H3,(H,18,19). The first-order valence-corrected chi connectivity index (χ1v) is 8.00. The van der Waals surface area contributed by atoms with Gasteiger partial charge in [-0.25, -0.2) is 0 Å². The third-order valence-corrected chi connectivity index (χ3v) is 4.43. The van der Waals surface area contributed by atoms with Crippen molar-refractivity contribution >= 4 is 23.6 Å². The van der Waals surface area contributed by atoms with Gasteiger partial charge < -0.3 is 14.7 Å². The van der Waals surface area contributed by atoms with Crippen LogP contribution in [0.4, 0.5) is 0 Å². The van der Waals surface area contributed by atoms with Gasteiger partial charge >= 0.3 is 5.97 Å². The number of hydrogen-bond acceptors (Lipinski definition) is 4. The molecule has 1 aliphatic rings. The van der Waals surface area contributed by atoms with Crippen LogP contribution in [0, 0.1) is 0 Å². The molecule has 0 saturated carbocycles. The van der Waals surface area contributed by atoms with Gasteiger partial charge in [0.25, 0.3) is 0 Å². The van der Waals surface area contributed by atoms with Crippen molar-refractivity contribution < 1.29 is 19.4 Å². The Morgan fingerprint density at radius 1 is 1.33 bits per heavy atom. The highest BCUT2D eigenvalue weighted by molar-refractivity contribution is 8.00. The summed E-state index contributed by atoms with van der Waals surface area (Å²) in [6.07, 6.45) is 1.92. The Balaban J connectivity index is 1.98. The highest BCUT2D eigenvalue weighted by Crippen LogP contribution is 2.33. The summed E-state index contributed by atoms with van der Waals surface area (Å²) in [6.45, 7) is 0.739. The van der Waals surface area contributed by atoms with E-state index in [-0.39, 0.29) is 23.5 Å². The van der Waals surface area contributed by atoms with Gasteiger partial charge in [-0.2, -0.15) is 0 Å². The molecule has 0 bridgehead atoms. The SMILES string of the molecule is COc1ccc(C2CCCN2C(=O)CSCC(=O)O)cc1. The van der Waals surface area contributed by atoms with Gasteiger partial charge in [-0.1, -0.05) is 12.1 Å². The fourth-order valence-corrected chi connectivity index (χ4v) is 3.16. The summed E-state index contributed by atoms with van der Waals surface area (Å²) in [7, 11) is 1.63. The molecule has 1 aromatic rings. The number of likely N-dealkylation sites (tertiary alicyclic amines) is 1. The summed E-state index contributed by atoms with van der Waals surface area (Å²) in [4.78, 5) is 24.6. The zero-order chi connectivity index (χ0) is 15.2. The van der Waals surface area contributed by atoms with E-state index in [1.807, 2.05) is 29.2 Å². The molecule has 1 N–H and O–H groups in total. The van der Waals surface area contributed by atoms with Gasteiger partial charge in [0.1, 0.15) is 5.75 Å². The van der Waals surface area contributed by atoms with Crippen LogP contribution in [-0.4, -0.2) is 47.0 Å². The highest BCUT2D eigenvalue weighted by Gasteiger charge is 2.29. The molecule has 1 atom stereocenters. The van der Waals surface area contributed by atoms with Gasteiger partial charge in [0.2, 0.25) is 5.91 Å². The van der Waals surface area contributed by atoms with E-state index in [9.17, 15) is 9.59 Å². The van der Waals surface area contributed by atoms with Crippen LogP contribution in [0.5, 0.6) is 5.75 Å². The molecule has 21 heavy (non-hydrogen) atoms. The van der Waals surface area contributed by atoms with Crippen molar-refractivity contribution in [2.75, 3.05) is 25.2 Å². The molecule has 1 aromatic carbocycles. The van der Waals surface area contributed by atoms with E-state index >= 15 is 0 Å². The van der Waals surface area contributed by atoms with Crippen LogP contribution >= 0.6 is 11.8 Å². The maximum Gasteiger partial charge on any atom is 0.313 e. The second-order valence-electron chi connectivity index (χ2n) is 4.90. The zero-order valence-corrected chi connectivity index (χ0v) is 12.8. The van der Waals surface area contributed by atoms with Gasteiger partial charge in [-0.05, 0) is 30.5 Å². The van der Waals surface area contributed by atoms with Gasteiger partial charge in [0.15, 0.2) is 0 Å². The molecule has 1 aliphatic heterocycles. The quantitative estimate of drug-likeness (QED) is 0.872. The number of methoxy groups -OCH3 is 1. The number of ether oxygens (including phenoxy) is 1. The molecule has 1 saturated heterocycles. The highest BCUT2D eigenvalue weighted by atomic mass is 32.2. The second-order valence-corrected chi connectivity index (χ2v) is 5.89. The first kappa shape index (κ1) is 15.7. The minimum Gasteiger partial charge on any atom is -0.497 e. The van der Waals surface area contributed by atoms with Crippen LogP contribution in [0.25, 0.3) is 0 Å². The third-order valence-electron chi connectivity index (χ3n) is 3.52. The zero-order valence-electron chi connectivity index (χ0n) is 11.9. The number of nitrogens with zero attached hydrogens (tertiary/aromatic N) is 1. The number of aliphatic carboxylic acids is 1. The smallest absolute Gasteiger partial charge is 0.313 e. The van der Waals surface area contributed by atoms with E-state index in [0.29, 0.717) is 0 Å². The van der Waals surface area contributed by atoms with Crippen LogP contribution < -0.4 is 4.74 Å². The lowest BCUT2D eigenvalue weighted by Crippen LogP contribution is -2.32. The molecule has 1 unspecified atom stereocenters. The number of rotatable bonds is 6. The Bertz CT molecular complexity index is 503. The Morgan fingerprint density at radius 2 is 2.05 bits per heavy atom. The molecule has 1 heterocycles. The molecule has 114 valence electrons. The summed E-state index contributed by atoms with van der Waals surface area (Å²) < 4.78 is 5.14. The van der Waals surface area contributed by atoms with Crippen LogP contribution in [0.3, 0.4) is 0 Å². The van der Waals surface area contributed by atoms with Gasteiger partial charge in [-0.15, -0.1) is 11.8 Å². The molecular formula is C15H19NO4S. The predicted octanol–water partition coefficient (Wildman–Crippen LogP) is 2.18. The van der Waals surface area contributed by atoms with Crippen LogP contribution in [0.15, 0.2) is 24.3 Å². The maximum absolute atomic E-state index is 12.2. The Hall–Kier alpha value is -1.69. The van der Waals surface area contributed by atoms with Crippen LogP contribution in [0.2, 0.25) is 0 Å². The fraction of sp³-hybridized carbons (Fsp3) is 0.467. The lowest BCUT2D eigenvalue weighted by atomic mass is 10.0. The topological polar surface area (TPSA) is 66.8 Å². The van der Waals surface area contributed by atoms with Gasteiger partial charge in [-0.3, -0.25) is 9.59 Å². The minimum absolute atomic E-state index is 0.0135. The van der Waals surface area contributed by atoms with Crippen LogP contribution in [0.1, 0.15) is 24.4 Å². The largest absolute Gasteiger partial charge is 0.497 e. The molecule has 0 aliphatic carbocycles. The lowest BCUT2D eigenvalue weighted by Gasteiger charge is -2.25. The van der Waals surface area contributed by atoms with E-state index in [0.717, 1.165) is 42.5 Å². The van der Waals surface area contributed by atoms with Crippen molar-refractivity contribution in [1.82, 2.24) is 4.90 Å². The first-order chi connectivity index (χ1) is 10.1. The van der Waals surface area contributed by atoms with E-state index in [1.54, 1.807) is 7.11 Å². The van der Waals surface area contributed by atoms with Crippen molar-refractivity contribution in [2.24, 2.45) is 0 Å². The summed E-state index contributed by atoms with van der Waals surface area (Å²) in [5.41, 5.74) is 1.10. The van der Waals surface area contributed by atoms with Crippen molar-refractivity contribution in [3.8, 4) is 5.75 Å². The van der Waals surface area contributed by atoms with Crippen molar-refractivity contribution in [1.29, 1.82) is 0 Å². The molecule has 0 radical (unpaired) electrons. The Kier molecular flexibility index (Phi) is 5.50. The lowest BCUT2D eigenvalue weighted by molar-refractivity contribution is -0.133. The van der Waals surface area contributed by atoms with Crippen molar-refractivity contribution in [3.63, 3.8) is 0 Å². The average Bonchev–Trinajstić information content (AvgIpc) is 2.96. The van der Waals surface area contributed by atoms with Crippen molar-refractivity contribution in [3.05, 3.63) is 29.8 Å². The maximum atomic E-state index is 12.2. The summed E-state index contributed by atoms with van der Waals surface area (Å²) in [5.74, 6) is 0.110. The van der Waals surface area contributed by atoms with Crippen LogP contribution in [-0.2, 0) is 9.59 Å². The number of carbonyl (C=O) groups excluding carboxylic acids is 1. The summed E-state index contributed by atoms with van der Waals surface area (Å²) in [5, 5.41) is 8.61. The Labute approximate surface area is 128 Å². The molecule has 2 rings (SSSR count). The first-order valence-electron chi connectivity index (χ1n) is 6.85. The minimum atomic E-state index is -0.888. The molecular weight excluding hydrogens is 290 g/mol.